The van der Waals surface area contributed by atoms with Crippen LogP contribution < -0.4 is 0 Å². The number of fused-ring (bicyclic) bond motifs is 3. The number of benzene rings is 1. The van der Waals surface area contributed by atoms with Gasteiger partial charge in [0, 0.05) is 24.4 Å². The van der Waals surface area contributed by atoms with E-state index in [4.69, 9.17) is 0 Å². The minimum atomic E-state index is 0.307. The van der Waals surface area contributed by atoms with E-state index in [1.807, 2.05) is 7.05 Å². The summed E-state index contributed by atoms with van der Waals surface area (Å²) in [7, 11) is 2.01. The van der Waals surface area contributed by atoms with Gasteiger partial charge in [0.1, 0.15) is 0 Å². The van der Waals surface area contributed by atoms with Gasteiger partial charge in [0.15, 0.2) is 5.78 Å². The summed E-state index contributed by atoms with van der Waals surface area (Å²) in [6, 6.07) is 6.62. The van der Waals surface area contributed by atoms with E-state index < -0.39 is 0 Å². The molecule has 0 bridgehead atoms. The van der Waals surface area contributed by atoms with Crippen LogP contribution in [0.25, 0.3) is 10.9 Å². The highest BCUT2D eigenvalue weighted by Gasteiger charge is 2.24. The predicted octanol–water partition coefficient (Wildman–Crippen LogP) is 3.82. The lowest BCUT2D eigenvalue weighted by atomic mass is 9.93. The van der Waals surface area contributed by atoms with Gasteiger partial charge in [0.2, 0.25) is 0 Å². The number of ketones is 1. The van der Waals surface area contributed by atoms with Crippen molar-refractivity contribution in [3.05, 3.63) is 35.0 Å². The summed E-state index contributed by atoms with van der Waals surface area (Å²) < 4.78 is 2.08. The number of aromatic nitrogens is 1. The summed E-state index contributed by atoms with van der Waals surface area (Å²) in [5.74, 6) is 0.839. The molecule has 1 aromatic carbocycles. The molecule has 94 valence electrons. The lowest BCUT2D eigenvalue weighted by Gasteiger charge is -2.12. The predicted molar refractivity (Wildman–Crippen MR) is 74.3 cm³/mol. The molecule has 2 aromatic rings. The van der Waals surface area contributed by atoms with Crippen LogP contribution in [-0.4, -0.2) is 10.4 Å². The molecule has 0 fully saturated rings. The van der Waals surface area contributed by atoms with Crippen molar-refractivity contribution in [2.24, 2.45) is 7.05 Å². The van der Waals surface area contributed by atoms with Crippen LogP contribution in [0.4, 0.5) is 0 Å². The maximum atomic E-state index is 12.1. The molecule has 0 radical (unpaired) electrons. The topological polar surface area (TPSA) is 22.0 Å². The Morgan fingerprint density at radius 2 is 2.00 bits per heavy atom. The molecule has 1 aromatic heterocycles. The Morgan fingerprint density at radius 3 is 2.72 bits per heavy atom. The summed E-state index contributed by atoms with van der Waals surface area (Å²) in [5.41, 5.74) is 4.76. The first kappa shape index (κ1) is 11.5. The SMILES string of the molecule is CC(C)c1ccc2c(c1)c1c(n2C)C(=O)CCC1. The Hall–Kier alpha value is -1.57. The number of Topliss-reactive ketones (excluding diaryl/α,β-unsaturated/α-hetero) is 1. The summed E-state index contributed by atoms with van der Waals surface area (Å²) in [4.78, 5) is 12.1. The average Bonchev–Trinajstić information content (AvgIpc) is 2.64. The highest BCUT2D eigenvalue weighted by atomic mass is 16.1. The molecule has 2 heteroatoms. The summed E-state index contributed by atoms with van der Waals surface area (Å²) >= 11 is 0. The molecule has 1 heterocycles. The lowest BCUT2D eigenvalue weighted by Crippen LogP contribution is -2.13. The standard InChI is InChI=1S/C16H19NO/c1-10(2)11-7-8-14-13(9-11)12-5-4-6-15(18)16(12)17(14)3/h7-10H,4-6H2,1-3H3. The third kappa shape index (κ3) is 1.52. The minimum absolute atomic E-state index is 0.307. The van der Waals surface area contributed by atoms with E-state index >= 15 is 0 Å². The van der Waals surface area contributed by atoms with Gasteiger partial charge in [-0.25, -0.2) is 0 Å². The van der Waals surface area contributed by atoms with Crippen molar-refractivity contribution in [3.63, 3.8) is 0 Å². The van der Waals surface area contributed by atoms with Crippen LogP contribution in [-0.2, 0) is 13.5 Å². The first-order chi connectivity index (χ1) is 8.59. The molecule has 0 aliphatic heterocycles. The molecule has 2 nitrogen and oxygen atoms in total. The van der Waals surface area contributed by atoms with Crippen LogP contribution in [0.5, 0.6) is 0 Å². The molecule has 0 N–H and O–H groups in total. The zero-order chi connectivity index (χ0) is 12.9. The Kier molecular flexibility index (Phi) is 2.54. The van der Waals surface area contributed by atoms with Crippen molar-refractivity contribution in [1.29, 1.82) is 0 Å². The second-order valence-corrected chi connectivity index (χ2v) is 5.59. The summed E-state index contributed by atoms with van der Waals surface area (Å²) in [6.45, 7) is 4.42. The second-order valence-electron chi connectivity index (χ2n) is 5.59. The first-order valence-electron chi connectivity index (χ1n) is 6.74. The van der Waals surface area contributed by atoms with Crippen molar-refractivity contribution >= 4 is 16.7 Å². The van der Waals surface area contributed by atoms with Gasteiger partial charge in [0.25, 0.3) is 0 Å². The van der Waals surface area contributed by atoms with Crippen molar-refractivity contribution in [3.8, 4) is 0 Å². The highest BCUT2D eigenvalue weighted by Crippen LogP contribution is 2.33. The van der Waals surface area contributed by atoms with Gasteiger partial charge in [-0.3, -0.25) is 4.79 Å². The van der Waals surface area contributed by atoms with Gasteiger partial charge in [-0.15, -0.1) is 0 Å². The number of hydrogen-bond donors (Lipinski definition) is 0. The third-order valence-electron chi connectivity index (χ3n) is 4.09. The van der Waals surface area contributed by atoms with E-state index in [9.17, 15) is 4.79 Å². The normalized spacial score (nSPS) is 15.4. The molecular weight excluding hydrogens is 222 g/mol. The third-order valence-corrected chi connectivity index (χ3v) is 4.09. The van der Waals surface area contributed by atoms with Gasteiger partial charge in [-0.1, -0.05) is 19.9 Å². The van der Waals surface area contributed by atoms with Crippen molar-refractivity contribution in [2.45, 2.75) is 39.0 Å². The average molecular weight is 241 g/mol. The van der Waals surface area contributed by atoms with E-state index in [1.165, 1.54) is 22.0 Å². The fourth-order valence-corrected chi connectivity index (χ4v) is 3.05. The quantitative estimate of drug-likeness (QED) is 0.744. The van der Waals surface area contributed by atoms with E-state index in [0.717, 1.165) is 18.5 Å². The second kappa shape index (κ2) is 3.98. The molecule has 0 saturated heterocycles. The number of nitrogens with zero attached hydrogens (tertiary/aromatic N) is 1. The van der Waals surface area contributed by atoms with Gasteiger partial charge < -0.3 is 4.57 Å². The molecule has 3 rings (SSSR count). The van der Waals surface area contributed by atoms with E-state index in [0.29, 0.717) is 18.1 Å². The minimum Gasteiger partial charge on any atom is -0.341 e. The molecule has 1 aliphatic rings. The van der Waals surface area contributed by atoms with E-state index in [-0.39, 0.29) is 0 Å². The van der Waals surface area contributed by atoms with E-state index in [2.05, 4.69) is 36.6 Å². The Morgan fingerprint density at radius 1 is 1.22 bits per heavy atom. The maximum Gasteiger partial charge on any atom is 0.179 e. The smallest absolute Gasteiger partial charge is 0.179 e. The monoisotopic (exact) mass is 241 g/mol. The molecule has 0 saturated carbocycles. The summed E-state index contributed by atoms with van der Waals surface area (Å²) in [5, 5.41) is 1.28. The molecule has 0 amide bonds. The number of rotatable bonds is 1. The van der Waals surface area contributed by atoms with Gasteiger partial charge in [-0.05, 0) is 42.0 Å². The van der Waals surface area contributed by atoms with Crippen LogP contribution in [0, 0.1) is 0 Å². The van der Waals surface area contributed by atoms with Crippen molar-refractivity contribution in [2.75, 3.05) is 0 Å². The largest absolute Gasteiger partial charge is 0.341 e. The molecule has 1 aliphatic carbocycles. The van der Waals surface area contributed by atoms with Gasteiger partial charge in [0.05, 0.1) is 5.69 Å². The molecule has 0 spiro atoms. The number of hydrogen-bond acceptors (Lipinski definition) is 1. The van der Waals surface area contributed by atoms with Gasteiger partial charge in [-0.2, -0.15) is 0 Å². The molecule has 0 atom stereocenters. The molecule has 18 heavy (non-hydrogen) atoms. The fourth-order valence-electron chi connectivity index (χ4n) is 3.05. The Balaban J connectivity index is 2.33. The molecular formula is C16H19NO. The highest BCUT2D eigenvalue weighted by molar-refractivity contribution is 6.04. The number of carbonyl (C=O) groups excluding carboxylic acids is 1. The zero-order valence-corrected chi connectivity index (χ0v) is 11.3. The molecule has 0 unspecified atom stereocenters. The fraction of sp³-hybridized carbons (Fsp3) is 0.438. The first-order valence-corrected chi connectivity index (χ1v) is 6.74. The Labute approximate surface area is 108 Å². The van der Waals surface area contributed by atoms with Crippen molar-refractivity contribution in [1.82, 2.24) is 4.57 Å². The van der Waals surface area contributed by atoms with Crippen LogP contribution >= 0.6 is 0 Å². The van der Waals surface area contributed by atoms with Gasteiger partial charge >= 0.3 is 0 Å². The number of aryl methyl sites for hydroxylation is 2. The van der Waals surface area contributed by atoms with Crippen LogP contribution in [0.15, 0.2) is 18.2 Å². The Bertz CT molecular complexity index is 634. The number of carbonyl (C=O) groups is 1. The lowest BCUT2D eigenvalue weighted by molar-refractivity contribution is 0.0965. The van der Waals surface area contributed by atoms with Crippen LogP contribution in [0.3, 0.4) is 0 Å². The van der Waals surface area contributed by atoms with Crippen molar-refractivity contribution < 1.29 is 4.79 Å². The summed E-state index contributed by atoms with van der Waals surface area (Å²) in [6.07, 6.45) is 2.74. The van der Waals surface area contributed by atoms with Crippen LogP contribution in [0.2, 0.25) is 0 Å². The van der Waals surface area contributed by atoms with Crippen LogP contribution in [0.1, 0.15) is 54.2 Å². The zero-order valence-electron chi connectivity index (χ0n) is 11.3. The van der Waals surface area contributed by atoms with E-state index in [1.54, 1.807) is 0 Å². The maximum absolute atomic E-state index is 12.1.